The number of nitrogens with one attached hydrogen (secondary N) is 1. The number of hydrogen-bond donors (Lipinski definition) is 1. The van der Waals surface area contributed by atoms with Gasteiger partial charge in [0.15, 0.2) is 0 Å². The summed E-state index contributed by atoms with van der Waals surface area (Å²) in [6.07, 6.45) is 6.39. The number of aryl methyl sites for hydroxylation is 3. The summed E-state index contributed by atoms with van der Waals surface area (Å²) in [5.74, 6) is 0.0112. The maximum absolute atomic E-state index is 13.4. The van der Waals surface area contributed by atoms with Crippen LogP contribution in [0.15, 0.2) is 67.3 Å². The van der Waals surface area contributed by atoms with E-state index in [4.69, 9.17) is 0 Å². The molecule has 0 radical (unpaired) electrons. The number of aromatic nitrogens is 4. The molecular weight excluding hydrogens is 386 g/mol. The molecule has 1 unspecified atom stereocenters. The highest BCUT2D eigenvalue weighted by Crippen LogP contribution is 2.42. The molecule has 1 aliphatic heterocycles. The zero-order chi connectivity index (χ0) is 21.4. The summed E-state index contributed by atoms with van der Waals surface area (Å²) < 4.78 is 2.04. The number of carbonyl (C=O) groups is 1. The van der Waals surface area contributed by atoms with E-state index < -0.39 is 0 Å². The van der Waals surface area contributed by atoms with Gasteiger partial charge in [-0.05, 0) is 25.8 Å². The number of rotatable bonds is 6. The van der Waals surface area contributed by atoms with Gasteiger partial charge in [0.25, 0.3) is 5.91 Å². The summed E-state index contributed by atoms with van der Waals surface area (Å²) in [5.41, 5.74) is 6.95. The molecule has 4 aromatic rings. The standard InChI is InChI=1S/C25H25N5O/c1-17-4-8-19(9-5-17)22-21-23(28-27-22)25(31)30(14-3-13-29-15-12-26-16-29)24(21)20-10-6-18(2)7-11-20/h4-12,15-16,24H,3,13-14H2,1-2H3,(H,27,28). The van der Waals surface area contributed by atoms with Crippen LogP contribution in [0.5, 0.6) is 0 Å². The molecule has 0 aliphatic carbocycles. The van der Waals surface area contributed by atoms with Crippen molar-refractivity contribution in [3.63, 3.8) is 0 Å². The number of benzene rings is 2. The second kappa shape index (κ2) is 7.87. The Morgan fingerprint density at radius 1 is 0.968 bits per heavy atom. The SMILES string of the molecule is Cc1ccc(-c2n[nH]c3c2C(c2ccc(C)cc2)N(CCCn2ccnc2)C3=O)cc1. The van der Waals surface area contributed by atoms with Crippen LogP contribution in [-0.4, -0.2) is 37.1 Å². The van der Waals surface area contributed by atoms with Crippen LogP contribution in [-0.2, 0) is 6.54 Å². The van der Waals surface area contributed by atoms with E-state index in [1.165, 1.54) is 11.1 Å². The first-order chi connectivity index (χ1) is 15.1. The molecule has 1 amide bonds. The van der Waals surface area contributed by atoms with E-state index in [-0.39, 0.29) is 11.9 Å². The summed E-state index contributed by atoms with van der Waals surface area (Å²) in [7, 11) is 0. The van der Waals surface area contributed by atoms with Gasteiger partial charge in [-0.1, -0.05) is 59.7 Å². The van der Waals surface area contributed by atoms with Gasteiger partial charge in [-0.15, -0.1) is 0 Å². The molecule has 0 saturated heterocycles. The highest BCUT2D eigenvalue weighted by atomic mass is 16.2. The van der Waals surface area contributed by atoms with Crippen LogP contribution in [0, 0.1) is 13.8 Å². The lowest BCUT2D eigenvalue weighted by Crippen LogP contribution is -2.31. The average molecular weight is 412 g/mol. The smallest absolute Gasteiger partial charge is 0.273 e. The highest BCUT2D eigenvalue weighted by molar-refractivity contribution is 6.00. The van der Waals surface area contributed by atoms with Crippen molar-refractivity contribution < 1.29 is 4.79 Å². The Labute approximate surface area is 181 Å². The number of fused-ring (bicyclic) bond motifs is 1. The third-order valence-corrected chi connectivity index (χ3v) is 5.96. The van der Waals surface area contributed by atoms with Crippen LogP contribution >= 0.6 is 0 Å². The van der Waals surface area contributed by atoms with Crippen molar-refractivity contribution in [3.8, 4) is 11.3 Å². The minimum absolute atomic E-state index is 0.0112. The first kappa shape index (κ1) is 19.3. The number of nitrogens with zero attached hydrogens (tertiary/aromatic N) is 4. The molecule has 3 heterocycles. The van der Waals surface area contributed by atoms with Crippen molar-refractivity contribution in [2.45, 2.75) is 32.9 Å². The normalized spacial score (nSPS) is 15.5. The molecule has 2 aromatic heterocycles. The third-order valence-electron chi connectivity index (χ3n) is 5.96. The molecular formula is C25H25N5O. The molecule has 1 atom stereocenters. The molecule has 6 heteroatoms. The molecule has 0 bridgehead atoms. The van der Waals surface area contributed by atoms with Crippen LogP contribution in [0.4, 0.5) is 0 Å². The Bertz CT molecular complexity index is 1190. The number of imidazole rings is 1. The number of aromatic amines is 1. The van der Waals surface area contributed by atoms with Crippen molar-refractivity contribution in [2.75, 3.05) is 6.54 Å². The number of hydrogen-bond acceptors (Lipinski definition) is 3. The molecule has 1 aliphatic rings. The molecule has 5 rings (SSSR count). The minimum Gasteiger partial charge on any atom is -0.337 e. The zero-order valence-corrected chi connectivity index (χ0v) is 17.7. The lowest BCUT2D eigenvalue weighted by atomic mass is 9.95. The quantitative estimate of drug-likeness (QED) is 0.507. The average Bonchev–Trinajstić information content (AvgIpc) is 3.49. The van der Waals surface area contributed by atoms with Gasteiger partial charge >= 0.3 is 0 Å². The van der Waals surface area contributed by atoms with Crippen molar-refractivity contribution in [1.82, 2.24) is 24.6 Å². The third kappa shape index (κ3) is 3.54. The van der Waals surface area contributed by atoms with E-state index in [1.807, 2.05) is 22.0 Å². The molecule has 6 nitrogen and oxygen atoms in total. The highest BCUT2D eigenvalue weighted by Gasteiger charge is 2.41. The van der Waals surface area contributed by atoms with Gasteiger partial charge in [0.1, 0.15) is 5.69 Å². The van der Waals surface area contributed by atoms with Crippen LogP contribution in [0.1, 0.15) is 45.2 Å². The van der Waals surface area contributed by atoms with E-state index >= 15 is 0 Å². The van der Waals surface area contributed by atoms with Gasteiger partial charge in [-0.25, -0.2) is 4.98 Å². The number of H-pyrrole nitrogens is 1. The van der Waals surface area contributed by atoms with E-state index in [1.54, 1.807) is 6.20 Å². The fourth-order valence-corrected chi connectivity index (χ4v) is 4.30. The van der Waals surface area contributed by atoms with Crippen LogP contribution in [0.3, 0.4) is 0 Å². The van der Waals surface area contributed by atoms with Gasteiger partial charge in [-0.3, -0.25) is 9.89 Å². The van der Waals surface area contributed by atoms with Crippen LogP contribution in [0.2, 0.25) is 0 Å². The van der Waals surface area contributed by atoms with E-state index in [0.717, 1.165) is 35.3 Å². The topological polar surface area (TPSA) is 66.8 Å². The van der Waals surface area contributed by atoms with Crippen LogP contribution < -0.4 is 0 Å². The first-order valence-corrected chi connectivity index (χ1v) is 10.6. The van der Waals surface area contributed by atoms with E-state index in [0.29, 0.717) is 12.2 Å². The van der Waals surface area contributed by atoms with Gasteiger partial charge < -0.3 is 9.47 Å². The Balaban J connectivity index is 1.52. The van der Waals surface area contributed by atoms with Crippen LogP contribution in [0.25, 0.3) is 11.3 Å². The summed E-state index contributed by atoms with van der Waals surface area (Å²) in [4.78, 5) is 19.5. The Morgan fingerprint density at radius 2 is 1.68 bits per heavy atom. The molecule has 0 spiro atoms. The Kier molecular flexibility index (Phi) is 4.90. The van der Waals surface area contributed by atoms with Gasteiger partial charge in [0, 0.05) is 36.6 Å². The second-order valence-electron chi connectivity index (χ2n) is 8.19. The second-order valence-corrected chi connectivity index (χ2v) is 8.19. The molecule has 0 saturated carbocycles. The molecule has 1 N–H and O–H groups in total. The minimum atomic E-state index is -0.152. The van der Waals surface area contributed by atoms with Gasteiger partial charge in [-0.2, -0.15) is 5.10 Å². The maximum Gasteiger partial charge on any atom is 0.273 e. The van der Waals surface area contributed by atoms with Crippen molar-refractivity contribution >= 4 is 5.91 Å². The lowest BCUT2D eigenvalue weighted by molar-refractivity contribution is 0.0739. The predicted molar refractivity (Wildman–Crippen MR) is 120 cm³/mol. The number of amides is 1. The fourth-order valence-electron chi connectivity index (χ4n) is 4.30. The monoisotopic (exact) mass is 411 g/mol. The van der Waals surface area contributed by atoms with Gasteiger partial charge in [0.05, 0.1) is 18.1 Å². The van der Waals surface area contributed by atoms with Gasteiger partial charge in [0.2, 0.25) is 0 Å². The maximum atomic E-state index is 13.4. The van der Waals surface area contributed by atoms with Crippen molar-refractivity contribution in [2.24, 2.45) is 0 Å². The zero-order valence-electron chi connectivity index (χ0n) is 17.7. The molecule has 156 valence electrons. The molecule has 31 heavy (non-hydrogen) atoms. The first-order valence-electron chi connectivity index (χ1n) is 10.6. The lowest BCUT2D eigenvalue weighted by Gasteiger charge is -2.26. The largest absolute Gasteiger partial charge is 0.337 e. The summed E-state index contributed by atoms with van der Waals surface area (Å²) in [6.45, 7) is 5.62. The van der Waals surface area contributed by atoms with E-state index in [9.17, 15) is 4.79 Å². The molecule has 2 aromatic carbocycles. The van der Waals surface area contributed by atoms with E-state index in [2.05, 4.69) is 77.6 Å². The molecule has 0 fully saturated rings. The number of carbonyl (C=O) groups excluding carboxylic acids is 1. The summed E-state index contributed by atoms with van der Waals surface area (Å²) >= 11 is 0. The predicted octanol–water partition coefficient (Wildman–Crippen LogP) is 4.53. The fraction of sp³-hybridized carbons (Fsp3) is 0.240. The summed E-state index contributed by atoms with van der Waals surface area (Å²) in [5, 5.41) is 7.59. The Morgan fingerprint density at radius 3 is 2.35 bits per heavy atom. The Hall–Kier alpha value is -3.67. The summed E-state index contributed by atoms with van der Waals surface area (Å²) in [6, 6.07) is 16.6. The van der Waals surface area contributed by atoms with Crippen molar-refractivity contribution in [1.29, 1.82) is 0 Å². The van der Waals surface area contributed by atoms with Crippen molar-refractivity contribution in [3.05, 3.63) is 95.2 Å².